The van der Waals surface area contributed by atoms with Crippen molar-refractivity contribution in [2.45, 2.75) is 31.2 Å². The van der Waals surface area contributed by atoms with Gasteiger partial charge in [-0.2, -0.15) is 0 Å². The number of rotatable bonds is 4. The Balaban J connectivity index is 1.23. The van der Waals surface area contributed by atoms with Gasteiger partial charge in [-0.3, -0.25) is 4.79 Å². The molecule has 8 nitrogen and oxygen atoms in total. The van der Waals surface area contributed by atoms with E-state index in [1.807, 2.05) is 41.2 Å². The number of pyridine rings is 1. The average molecular weight is 392 g/mol. The predicted octanol–water partition coefficient (Wildman–Crippen LogP) is 2.03. The molecule has 5 rings (SSSR count). The summed E-state index contributed by atoms with van der Waals surface area (Å²) in [7, 11) is 0. The lowest BCUT2D eigenvalue weighted by Crippen LogP contribution is -2.37. The SMILES string of the molecule is O=C(NC1CCN(c2nccc(C3CCOCC3)n2)C1)c1ccc2nccn2c1. The summed E-state index contributed by atoms with van der Waals surface area (Å²) < 4.78 is 7.31. The van der Waals surface area contributed by atoms with Gasteiger partial charge in [-0.25, -0.2) is 15.0 Å². The van der Waals surface area contributed by atoms with Crippen LogP contribution in [0.3, 0.4) is 0 Å². The van der Waals surface area contributed by atoms with E-state index in [9.17, 15) is 4.79 Å². The predicted molar refractivity (Wildman–Crippen MR) is 108 cm³/mol. The molecule has 0 saturated carbocycles. The molecule has 2 saturated heterocycles. The number of imidazole rings is 1. The molecule has 3 aromatic heterocycles. The number of aromatic nitrogens is 4. The first kappa shape index (κ1) is 18.1. The minimum Gasteiger partial charge on any atom is -0.381 e. The monoisotopic (exact) mass is 392 g/mol. The average Bonchev–Trinajstić information content (AvgIpc) is 3.43. The molecule has 1 unspecified atom stereocenters. The van der Waals surface area contributed by atoms with Crippen molar-refractivity contribution in [1.82, 2.24) is 24.7 Å². The fourth-order valence-electron chi connectivity index (χ4n) is 4.12. The molecule has 0 aromatic carbocycles. The maximum Gasteiger partial charge on any atom is 0.253 e. The zero-order chi connectivity index (χ0) is 19.6. The van der Waals surface area contributed by atoms with Crippen molar-refractivity contribution in [3.05, 3.63) is 54.2 Å². The van der Waals surface area contributed by atoms with E-state index in [0.29, 0.717) is 11.5 Å². The summed E-state index contributed by atoms with van der Waals surface area (Å²) >= 11 is 0. The number of amides is 1. The van der Waals surface area contributed by atoms with E-state index in [4.69, 9.17) is 9.72 Å². The van der Waals surface area contributed by atoms with E-state index in [-0.39, 0.29) is 11.9 Å². The van der Waals surface area contributed by atoms with Gasteiger partial charge in [0.2, 0.25) is 5.95 Å². The van der Waals surface area contributed by atoms with E-state index in [1.165, 1.54) is 0 Å². The Bertz CT molecular complexity index is 1010. The lowest BCUT2D eigenvalue weighted by Gasteiger charge is -2.23. The highest BCUT2D eigenvalue weighted by atomic mass is 16.5. The number of ether oxygens (including phenoxy) is 1. The quantitative estimate of drug-likeness (QED) is 0.731. The third-order valence-corrected chi connectivity index (χ3v) is 5.76. The summed E-state index contributed by atoms with van der Waals surface area (Å²) in [6.07, 6.45) is 10.1. The summed E-state index contributed by atoms with van der Waals surface area (Å²) in [5.41, 5.74) is 2.56. The summed E-state index contributed by atoms with van der Waals surface area (Å²) in [6, 6.07) is 5.76. The fourth-order valence-corrected chi connectivity index (χ4v) is 4.12. The summed E-state index contributed by atoms with van der Waals surface area (Å²) in [5, 5.41) is 3.14. The molecule has 1 atom stereocenters. The first-order chi connectivity index (χ1) is 14.3. The van der Waals surface area contributed by atoms with Crippen molar-refractivity contribution >= 4 is 17.5 Å². The Hall–Kier alpha value is -3.00. The maximum absolute atomic E-state index is 12.7. The van der Waals surface area contributed by atoms with Gasteiger partial charge in [-0.05, 0) is 37.5 Å². The molecule has 2 fully saturated rings. The number of nitrogens with one attached hydrogen (secondary N) is 1. The molecule has 1 N–H and O–H groups in total. The van der Waals surface area contributed by atoms with Crippen LogP contribution < -0.4 is 10.2 Å². The Morgan fingerprint density at radius 1 is 1.10 bits per heavy atom. The minimum atomic E-state index is -0.0654. The van der Waals surface area contributed by atoms with Crippen LogP contribution in [-0.4, -0.2) is 57.6 Å². The van der Waals surface area contributed by atoms with Crippen molar-refractivity contribution in [3.8, 4) is 0 Å². The van der Waals surface area contributed by atoms with Gasteiger partial charge in [0.15, 0.2) is 0 Å². The van der Waals surface area contributed by atoms with Gasteiger partial charge in [-0.1, -0.05) is 0 Å². The van der Waals surface area contributed by atoms with E-state index in [1.54, 1.807) is 6.20 Å². The van der Waals surface area contributed by atoms with E-state index >= 15 is 0 Å². The lowest BCUT2D eigenvalue weighted by atomic mass is 9.96. The maximum atomic E-state index is 12.7. The first-order valence-corrected chi connectivity index (χ1v) is 10.2. The molecule has 0 aliphatic carbocycles. The molecule has 2 aliphatic heterocycles. The van der Waals surface area contributed by atoms with Crippen LogP contribution >= 0.6 is 0 Å². The Morgan fingerprint density at radius 2 is 2.00 bits per heavy atom. The molecule has 5 heterocycles. The van der Waals surface area contributed by atoms with Crippen LogP contribution in [0.2, 0.25) is 0 Å². The highest BCUT2D eigenvalue weighted by Gasteiger charge is 2.27. The molecule has 2 aliphatic rings. The second-order valence-electron chi connectivity index (χ2n) is 7.68. The fraction of sp³-hybridized carbons (Fsp3) is 0.429. The summed E-state index contributed by atoms with van der Waals surface area (Å²) in [5.74, 6) is 1.14. The highest BCUT2D eigenvalue weighted by molar-refractivity contribution is 5.94. The number of nitrogens with zero attached hydrogens (tertiary/aromatic N) is 5. The van der Waals surface area contributed by atoms with Crippen molar-refractivity contribution < 1.29 is 9.53 Å². The number of hydrogen-bond donors (Lipinski definition) is 1. The van der Waals surface area contributed by atoms with Crippen molar-refractivity contribution in [2.24, 2.45) is 0 Å². The van der Waals surface area contributed by atoms with Gasteiger partial charge < -0.3 is 19.4 Å². The molecular weight excluding hydrogens is 368 g/mol. The number of carbonyl (C=O) groups excluding carboxylic acids is 1. The minimum absolute atomic E-state index is 0.0654. The molecular formula is C21H24N6O2. The van der Waals surface area contributed by atoms with Crippen LogP contribution in [-0.2, 0) is 4.74 Å². The molecule has 0 bridgehead atoms. The van der Waals surface area contributed by atoms with Gasteiger partial charge in [0, 0.05) is 68.7 Å². The van der Waals surface area contributed by atoms with Gasteiger partial charge >= 0.3 is 0 Å². The third kappa shape index (κ3) is 3.80. The van der Waals surface area contributed by atoms with Crippen LogP contribution in [0.5, 0.6) is 0 Å². The zero-order valence-electron chi connectivity index (χ0n) is 16.2. The smallest absolute Gasteiger partial charge is 0.253 e. The van der Waals surface area contributed by atoms with Crippen LogP contribution in [0.4, 0.5) is 5.95 Å². The third-order valence-electron chi connectivity index (χ3n) is 5.76. The zero-order valence-corrected chi connectivity index (χ0v) is 16.2. The Labute approximate surface area is 168 Å². The normalized spacial score (nSPS) is 20.3. The highest BCUT2D eigenvalue weighted by Crippen LogP contribution is 2.26. The van der Waals surface area contributed by atoms with Gasteiger partial charge in [-0.15, -0.1) is 0 Å². The van der Waals surface area contributed by atoms with Crippen molar-refractivity contribution in [2.75, 3.05) is 31.2 Å². The van der Waals surface area contributed by atoms with Crippen LogP contribution in [0, 0.1) is 0 Å². The van der Waals surface area contributed by atoms with Crippen molar-refractivity contribution in [1.29, 1.82) is 0 Å². The molecule has 150 valence electrons. The Morgan fingerprint density at radius 3 is 2.90 bits per heavy atom. The van der Waals surface area contributed by atoms with Crippen LogP contribution in [0.1, 0.15) is 41.2 Å². The van der Waals surface area contributed by atoms with Gasteiger partial charge in [0.1, 0.15) is 5.65 Å². The van der Waals surface area contributed by atoms with E-state index < -0.39 is 0 Å². The molecule has 0 radical (unpaired) electrons. The second kappa shape index (κ2) is 7.79. The van der Waals surface area contributed by atoms with Crippen molar-refractivity contribution in [3.63, 3.8) is 0 Å². The standard InChI is InChI=1S/C21H24N6O2/c28-20(16-1-2-19-22-8-10-26(19)13-16)24-17-4-9-27(14-17)21-23-7-3-18(25-21)15-5-11-29-12-6-15/h1-3,7-8,10,13,15,17H,4-6,9,11-12,14H2,(H,24,28). The topological polar surface area (TPSA) is 84.7 Å². The number of anilines is 1. The lowest BCUT2D eigenvalue weighted by molar-refractivity contribution is 0.0845. The second-order valence-corrected chi connectivity index (χ2v) is 7.68. The molecule has 29 heavy (non-hydrogen) atoms. The van der Waals surface area contributed by atoms with Gasteiger partial charge in [0.25, 0.3) is 5.91 Å². The van der Waals surface area contributed by atoms with Crippen LogP contribution in [0.15, 0.2) is 43.0 Å². The van der Waals surface area contributed by atoms with E-state index in [2.05, 4.69) is 20.2 Å². The van der Waals surface area contributed by atoms with E-state index in [0.717, 1.165) is 62.9 Å². The number of hydrogen-bond acceptors (Lipinski definition) is 6. The molecule has 0 spiro atoms. The largest absolute Gasteiger partial charge is 0.381 e. The molecule has 3 aromatic rings. The first-order valence-electron chi connectivity index (χ1n) is 10.2. The Kier molecular flexibility index (Phi) is 4.85. The number of carbonyl (C=O) groups is 1. The molecule has 1 amide bonds. The van der Waals surface area contributed by atoms with Gasteiger partial charge in [0.05, 0.1) is 5.56 Å². The summed E-state index contributed by atoms with van der Waals surface area (Å²) in [6.45, 7) is 3.15. The molecule has 8 heteroatoms. The number of fused-ring (bicyclic) bond motifs is 1. The van der Waals surface area contributed by atoms with Crippen LogP contribution in [0.25, 0.3) is 5.65 Å². The summed E-state index contributed by atoms with van der Waals surface area (Å²) in [4.78, 5) is 28.3.